The van der Waals surface area contributed by atoms with E-state index in [1.807, 2.05) is 30.3 Å². The Hall–Kier alpha value is -2.89. The van der Waals surface area contributed by atoms with E-state index in [-0.39, 0.29) is 17.7 Å². The third kappa shape index (κ3) is 5.11. The fourth-order valence-electron chi connectivity index (χ4n) is 5.22. The van der Waals surface area contributed by atoms with E-state index in [1.165, 1.54) is 23.1 Å². The number of anilines is 1. The van der Waals surface area contributed by atoms with Crippen LogP contribution in [0, 0.1) is 0 Å². The van der Waals surface area contributed by atoms with Crippen molar-refractivity contribution in [1.29, 1.82) is 0 Å². The number of rotatable bonds is 9. The molecule has 34 heavy (non-hydrogen) atoms. The van der Waals surface area contributed by atoms with Gasteiger partial charge < -0.3 is 20.5 Å². The van der Waals surface area contributed by atoms with Gasteiger partial charge in [-0.3, -0.25) is 4.98 Å². The maximum atomic E-state index is 11.3. The number of hydrogen-bond donors (Lipinski definition) is 3. The predicted octanol–water partition coefficient (Wildman–Crippen LogP) is 5.06. The van der Waals surface area contributed by atoms with E-state index in [1.54, 1.807) is 12.4 Å². The minimum Gasteiger partial charge on any atom is -0.487 e. The highest BCUT2D eigenvalue weighted by atomic mass is 16.5. The van der Waals surface area contributed by atoms with Crippen LogP contribution in [0.5, 0.6) is 5.75 Å². The molecule has 2 aliphatic rings. The molecule has 3 aromatic rings. The molecule has 0 bridgehead atoms. The molecule has 178 valence electrons. The molecule has 1 aromatic heterocycles. The standard InChI is InChI=1S/C29H35N3O2/c1-2-21-11-12-28-24(16-21)26(18-29(34-28)13-7-14-29)31-20-27(33)25(17-22-8-4-3-5-9-22)32-23-10-6-15-30-19-23/h3-6,8-12,15-16,19,25-27,31-33H,2,7,13-14,17-18,20H2,1H3/t25-,26-,27+/m0/s1. The van der Waals surface area contributed by atoms with Crippen molar-refractivity contribution in [3.8, 4) is 5.75 Å². The van der Waals surface area contributed by atoms with Crippen molar-refractivity contribution in [3.63, 3.8) is 0 Å². The molecule has 5 nitrogen and oxygen atoms in total. The van der Waals surface area contributed by atoms with Crippen LogP contribution in [0.15, 0.2) is 73.1 Å². The van der Waals surface area contributed by atoms with Gasteiger partial charge in [0.15, 0.2) is 0 Å². The summed E-state index contributed by atoms with van der Waals surface area (Å²) in [5.41, 5.74) is 4.62. The topological polar surface area (TPSA) is 66.4 Å². The molecule has 1 saturated carbocycles. The lowest BCUT2D eigenvalue weighted by atomic mass is 9.72. The summed E-state index contributed by atoms with van der Waals surface area (Å²) in [5, 5.41) is 18.6. The Morgan fingerprint density at radius 1 is 1.09 bits per heavy atom. The summed E-state index contributed by atoms with van der Waals surface area (Å²) in [6.45, 7) is 2.69. The first-order chi connectivity index (χ1) is 16.6. The van der Waals surface area contributed by atoms with E-state index in [0.717, 1.165) is 43.5 Å². The van der Waals surface area contributed by atoms with Crippen LogP contribution in [-0.2, 0) is 12.8 Å². The van der Waals surface area contributed by atoms with Gasteiger partial charge in [0.1, 0.15) is 11.4 Å². The third-order valence-electron chi connectivity index (χ3n) is 7.38. The number of fused-ring (bicyclic) bond motifs is 1. The van der Waals surface area contributed by atoms with Crippen molar-refractivity contribution in [2.75, 3.05) is 11.9 Å². The largest absolute Gasteiger partial charge is 0.487 e. The molecule has 3 atom stereocenters. The molecule has 2 aromatic carbocycles. The monoisotopic (exact) mass is 457 g/mol. The molecular weight excluding hydrogens is 422 g/mol. The van der Waals surface area contributed by atoms with E-state index in [9.17, 15) is 5.11 Å². The van der Waals surface area contributed by atoms with Crippen LogP contribution in [0.25, 0.3) is 0 Å². The minimum absolute atomic E-state index is 0.0409. The fourth-order valence-corrected chi connectivity index (χ4v) is 5.22. The number of nitrogens with zero attached hydrogens (tertiary/aromatic N) is 1. The highest BCUT2D eigenvalue weighted by Crippen LogP contribution is 2.49. The Morgan fingerprint density at radius 2 is 1.94 bits per heavy atom. The molecule has 1 spiro atoms. The number of aliphatic hydroxyl groups excluding tert-OH is 1. The lowest BCUT2D eigenvalue weighted by molar-refractivity contribution is -0.0380. The smallest absolute Gasteiger partial charge is 0.124 e. The summed E-state index contributed by atoms with van der Waals surface area (Å²) in [7, 11) is 0. The van der Waals surface area contributed by atoms with Crippen molar-refractivity contribution in [2.45, 2.75) is 69.2 Å². The summed E-state index contributed by atoms with van der Waals surface area (Å²) in [6, 6.07) is 20.9. The number of nitrogens with one attached hydrogen (secondary N) is 2. The Kier molecular flexibility index (Phi) is 6.84. The van der Waals surface area contributed by atoms with Gasteiger partial charge in [0, 0.05) is 37.0 Å². The Labute approximate surface area is 202 Å². The molecule has 1 aliphatic heterocycles. The van der Waals surface area contributed by atoms with Gasteiger partial charge in [-0.2, -0.15) is 0 Å². The quantitative estimate of drug-likeness (QED) is 0.419. The number of aromatic nitrogens is 1. The lowest BCUT2D eigenvalue weighted by Gasteiger charge is -2.48. The summed E-state index contributed by atoms with van der Waals surface area (Å²) in [6.07, 6.45) is 9.14. The average Bonchev–Trinajstić information content (AvgIpc) is 2.86. The molecule has 3 N–H and O–H groups in total. The SMILES string of the molecule is CCc1ccc2c(c1)[C@@H](NC[C@@H](O)[C@H](Cc1ccccc1)Nc1cccnc1)CC1(CCC1)O2. The molecule has 1 aliphatic carbocycles. The van der Waals surface area contributed by atoms with Gasteiger partial charge in [-0.15, -0.1) is 0 Å². The molecule has 0 radical (unpaired) electrons. The van der Waals surface area contributed by atoms with Crippen LogP contribution < -0.4 is 15.4 Å². The van der Waals surface area contributed by atoms with Gasteiger partial charge in [-0.05, 0) is 61.4 Å². The lowest BCUT2D eigenvalue weighted by Crippen LogP contribution is -2.50. The maximum Gasteiger partial charge on any atom is 0.124 e. The first-order valence-corrected chi connectivity index (χ1v) is 12.6. The van der Waals surface area contributed by atoms with E-state index in [0.29, 0.717) is 6.54 Å². The first kappa shape index (κ1) is 22.9. The number of aryl methyl sites for hydroxylation is 1. The van der Waals surface area contributed by atoms with Crippen LogP contribution in [0.2, 0.25) is 0 Å². The normalized spacial score (nSPS) is 20.0. The Balaban J connectivity index is 1.32. The summed E-state index contributed by atoms with van der Waals surface area (Å²) < 4.78 is 6.48. The van der Waals surface area contributed by atoms with Gasteiger partial charge in [0.25, 0.3) is 0 Å². The highest BCUT2D eigenvalue weighted by Gasteiger charge is 2.45. The molecule has 2 heterocycles. The molecule has 5 heteroatoms. The summed E-state index contributed by atoms with van der Waals surface area (Å²) in [4.78, 5) is 4.22. The third-order valence-corrected chi connectivity index (χ3v) is 7.38. The zero-order valence-corrected chi connectivity index (χ0v) is 19.9. The second kappa shape index (κ2) is 10.2. The molecule has 0 unspecified atom stereocenters. The predicted molar refractivity (Wildman–Crippen MR) is 136 cm³/mol. The van der Waals surface area contributed by atoms with Gasteiger partial charge in [0.2, 0.25) is 0 Å². The number of benzene rings is 2. The number of ether oxygens (including phenoxy) is 1. The number of aliphatic hydroxyl groups is 1. The van der Waals surface area contributed by atoms with Gasteiger partial charge in [0.05, 0.1) is 17.8 Å². The van der Waals surface area contributed by atoms with Crippen molar-refractivity contribution in [2.24, 2.45) is 0 Å². The zero-order valence-electron chi connectivity index (χ0n) is 19.9. The van der Waals surface area contributed by atoms with Gasteiger partial charge in [-0.1, -0.05) is 49.4 Å². The molecule has 1 fully saturated rings. The van der Waals surface area contributed by atoms with Crippen molar-refractivity contribution < 1.29 is 9.84 Å². The van der Waals surface area contributed by atoms with Crippen molar-refractivity contribution in [1.82, 2.24) is 10.3 Å². The summed E-state index contributed by atoms with van der Waals surface area (Å²) in [5.74, 6) is 1.00. The van der Waals surface area contributed by atoms with Crippen LogP contribution in [-0.4, -0.2) is 34.4 Å². The van der Waals surface area contributed by atoms with Crippen molar-refractivity contribution in [3.05, 3.63) is 89.7 Å². The molecule has 0 amide bonds. The van der Waals surface area contributed by atoms with Crippen molar-refractivity contribution >= 4 is 5.69 Å². The van der Waals surface area contributed by atoms with Crippen LogP contribution in [0.4, 0.5) is 5.69 Å². The highest BCUT2D eigenvalue weighted by molar-refractivity contribution is 5.43. The average molecular weight is 458 g/mol. The Bertz CT molecular complexity index is 1030. The van der Waals surface area contributed by atoms with E-state index < -0.39 is 6.10 Å². The molecule has 5 rings (SSSR count). The second-order valence-corrected chi connectivity index (χ2v) is 9.78. The van der Waals surface area contributed by atoms with E-state index in [4.69, 9.17) is 4.74 Å². The first-order valence-electron chi connectivity index (χ1n) is 12.6. The number of hydrogen-bond acceptors (Lipinski definition) is 5. The fraction of sp³-hybridized carbons (Fsp3) is 0.414. The van der Waals surface area contributed by atoms with E-state index >= 15 is 0 Å². The zero-order chi connectivity index (χ0) is 23.4. The van der Waals surface area contributed by atoms with Gasteiger partial charge in [-0.25, -0.2) is 0 Å². The van der Waals surface area contributed by atoms with Crippen LogP contribution in [0.3, 0.4) is 0 Å². The molecular formula is C29H35N3O2. The van der Waals surface area contributed by atoms with Gasteiger partial charge >= 0.3 is 0 Å². The second-order valence-electron chi connectivity index (χ2n) is 9.78. The minimum atomic E-state index is -0.571. The van der Waals surface area contributed by atoms with Crippen LogP contribution >= 0.6 is 0 Å². The Morgan fingerprint density at radius 3 is 2.65 bits per heavy atom. The number of pyridine rings is 1. The summed E-state index contributed by atoms with van der Waals surface area (Å²) >= 11 is 0. The van der Waals surface area contributed by atoms with E-state index in [2.05, 4.69) is 52.9 Å². The van der Waals surface area contributed by atoms with Crippen LogP contribution in [0.1, 0.15) is 55.3 Å². The maximum absolute atomic E-state index is 11.3. The molecule has 0 saturated heterocycles.